The number of nitrogens with two attached hydrogens (primary N) is 2. The lowest BCUT2D eigenvalue weighted by Gasteiger charge is -2.30. The van der Waals surface area contributed by atoms with E-state index in [4.69, 9.17) is 16.6 Å². The van der Waals surface area contributed by atoms with Gasteiger partial charge in [-0.05, 0) is 51.0 Å². The molecule has 1 fully saturated rings. The molecule has 0 spiro atoms. The maximum absolute atomic E-state index is 13.2. The van der Waals surface area contributed by atoms with Crippen molar-refractivity contribution in [3.05, 3.63) is 0 Å². The first-order valence-electron chi connectivity index (χ1n) is 10.8. The Balaban J connectivity index is 2.92. The minimum atomic E-state index is -1.16. The van der Waals surface area contributed by atoms with Crippen LogP contribution in [0.2, 0.25) is 0 Å². The molecule has 1 aliphatic rings. The summed E-state index contributed by atoms with van der Waals surface area (Å²) in [4.78, 5) is 51.0. The van der Waals surface area contributed by atoms with Crippen molar-refractivity contribution < 1.29 is 29.4 Å². The fourth-order valence-corrected chi connectivity index (χ4v) is 3.58. The summed E-state index contributed by atoms with van der Waals surface area (Å²) >= 11 is 0. The maximum atomic E-state index is 13.2. The van der Waals surface area contributed by atoms with Gasteiger partial charge in [0.15, 0.2) is 0 Å². The van der Waals surface area contributed by atoms with Gasteiger partial charge in [0, 0.05) is 6.54 Å². The van der Waals surface area contributed by atoms with Gasteiger partial charge in [-0.3, -0.25) is 14.4 Å². The van der Waals surface area contributed by atoms with Gasteiger partial charge in [0.05, 0.1) is 6.61 Å². The monoisotopic (exact) mass is 443 g/mol. The van der Waals surface area contributed by atoms with E-state index in [1.165, 1.54) is 4.90 Å². The lowest BCUT2D eigenvalue weighted by Crippen LogP contribution is -2.57. The van der Waals surface area contributed by atoms with E-state index in [0.717, 1.165) is 0 Å². The average molecular weight is 444 g/mol. The minimum Gasteiger partial charge on any atom is -0.480 e. The van der Waals surface area contributed by atoms with Gasteiger partial charge in [-0.2, -0.15) is 0 Å². The van der Waals surface area contributed by atoms with Crippen molar-refractivity contribution in [1.82, 2.24) is 15.5 Å². The Morgan fingerprint density at radius 2 is 1.81 bits per heavy atom. The Morgan fingerprint density at radius 1 is 1.13 bits per heavy atom. The molecular weight excluding hydrogens is 406 g/mol. The van der Waals surface area contributed by atoms with E-state index < -0.39 is 54.5 Å². The number of amides is 3. The second-order valence-corrected chi connectivity index (χ2v) is 8.35. The number of rotatable bonds is 13. The third kappa shape index (κ3) is 8.42. The molecule has 1 heterocycles. The molecule has 8 N–H and O–H groups in total. The Morgan fingerprint density at radius 3 is 2.35 bits per heavy atom. The Labute approximate surface area is 182 Å². The Kier molecular flexibility index (Phi) is 11.4. The predicted octanol–water partition coefficient (Wildman–Crippen LogP) is -1.47. The lowest BCUT2D eigenvalue weighted by molar-refractivity contribution is -0.145. The molecule has 3 amide bonds. The van der Waals surface area contributed by atoms with Crippen LogP contribution in [0.3, 0.4) is 0 Å². The van der Waals surface area contributed by atoms with Gasteiger partial charge >= 0.3 is 5.97 Å². The van der Waals surface area contributed by atoms with Crippen molar-refractivity contribution in [2.75, 3.05) is 19.7 Å². The third-order valence-electron chi connectivity index (χ3n) is 5.26. The first kappa shape index (κ1) is 26.8. The van der Waals surface area contributed by atoms with Gasteiger partial charge in [-0.15, -0.1) is 0 Å². The van der Waals surface area contributed by atoms with Crippen LogP contribution in [0.25, 0.3) is 0 Å². The molecule has 11 heteroatoms. The zero-order valence-electron chi connectivity index (χ0n) is 18.4. The second kappa shape index (κ2) is 13.2. The van der Waals surface area contributed by atoms with Crippen LogP contribution in [0.5, 0.6) is 0 Å². The zero-order chi connectivity index (χ0) is 23.6. The Hall–Kier alpha value is -2.24. The largest absolute Gasteiger partial charge is 0.480 e. The number of nitrogens with one attached hydrogen (secondary N) is 2. The van der Waals surface area contributed by atoms with Crippen LogP contribution >= 0.6 is 0 Å². The number of carboxylic acid groups (broad SMARTS) is 1. The van der Waals surface area contributed by atoms with Crippen LogP contribution in [0, 0.1) is 5.92 Å². The van der Waals surface area contributed by atoms with Crippen LogP contribution in [0.4, 0.5) is 0 Å². The summed E-state index contributed by atoms with van der Waals surface area (Å²) in [5.41, 5.74) is 11.1. The quantitative estimate of drug-likeness (QED) is 0.186. The summed E-state index contributed by atoms with van der Waals surface area (Å²) in [6.07, 6.45) is 2.83. The van der Waals surface area contributed by atoms with Crippen molar-refractivity contribution in [1.29, 1.82) is 0 Å². The van der Waals surface area contributed by atoms with Crippen LogP contribution in [0.15, 0.2) is 0 Å². The molecule has 178 valence electrons. The van der Waals surface area contributed by atoms with E-state index in [2.05, 4.69) is 10.6 Å². The fraction of sp³-hybridized carbons (Fsp3) is 0.800. The Bertz CT molecular complexity index is 629. The van der Waals surface area contributed by atoms with Gasteiger partial charge in [-0.1, -0.05) is 13.8 Å². The van der Waals surface area contributed by atoms with Crippen molar-refractivity contribution in [2.45, 2.75) is 76.5 Å². The summed E-state index contributed by atoms with van der Waals surface area (Å²) in [7, 11) is 0. The van der Waals surface area contributed by atoms with E-state index in [1.807, 2.05) is 13.8 Å². The number of carboxylic acids is 1. The number of hydrogen-bond donors (Lipinski definition) is 6. The molecule has 31 heavy (non-hydrogen) atoms. The molecule has 1 saturated heterocycles. The van der Waals surface area contributed by atoms with E-state index in [0.29, 0.717) is 45.2 Å². The average Bonchev–Trinajstić information content (AvgIpc) is 3.20. The summed E-state index contributed by atoms with van der Waals surface area (Å²) in [5.74, 6) is -2.65. The molecule has 4 atom stereocenters. The van der Waals surface area contributed by atoms with E-state index in [9.17, 15) is 24.3 Å². The molecule has 1 aliphatic heterocycles. The highest BCUT2D eigenvalue weighted by molar-refractivity contribution is 5.94. The number of aliphatic hydroxyl groups is 1. The molecule has 0 aliphatic carbocycles. The van der Waals surface area contributed by atoms with Crippen LogP contribution < -0.4 is 22.1 Å². The molecule has 0 bridgehead atoms. The van der Waals surface area contributed by atoms with Crippen LogP contribution in [0.1, 0.15) is 52.4 Å². The van der Waals surface area contributed by atoms with E-state index in [-0.39, 0.29) is 12.3 Å². The predicted molar refractivity (Wildman–Crippen MR) is 114 cm³/mol. The second-order valence-electron chi connectivity index (χ2n) is 8.35. The number of carbonyl (C=O) groups excluding carboxylic acids is 3. The first-order chi connectivity index (χ1) is 14.6. The molecule has 0 radical (unpaired) electrons. The molecule has 0 saturated carbocycles. The number of nitrogens with zero attached hydrogens (tertiary/aromatic N) is 1. The summed E-state index contributed by atoms with van der Waals surface area (Å²) in [6, 6.07) is -3.90. The standard InChI is InChI=1S/C20H37N5O6/c1-12(2)10-15(20(30)31)24-18(28)16-7-5-9-25(16)19(29)14(6-3-4-8-21)23-17(27)13(22)11-26/h12-16,26H,3-11,21-22H2,1-2H3,(H,23,27)(H,24,28)(H,30,31). The first-order valence-corrected chi connectivity index (χ1v) is 10.8. The summed E-state index contributed by atoms with van der Waals surface area (Å²) in [6.45, 7) is 3.93. The zero-order valence-corrected chi connectivity index (χ0v) is 18.4. The smallest absolute Gasteiger partial charge is 0.326 e. The van der Waals surface area contributed by atoms with Gasteiger partial charge in [0.25, 0.3) is 0 Å². The third-order valence-corrected chi connectivity index (χ3v) is 5.26. The van der Waals surface area contributed by atoms with Gasteiger partial charge in [0.2, 0.25) is 17.7 Å². The number of aliphatic hydroxyl groups excluding tert-OH is 1. The number of hydrogen-bond acceptors (Lipinski definition) is 7. The molecule has 4 unspecified atom stereocenters. The number of unbranched alkanes of at least 4 members (excludes halogenated alkanes) is 1. The molecule has 11 nitrogen and oxygen atoms in total. The SMILES string of the molecule is CC(C)CC(NC(=O)C1CCCN1C(=O)C(CCCCN)NC(=O)C(N)CO)C(=O)O. The van der Waals surface area contributed by atoms with E-state index in [1.54, 1.807) is 0 Å². The molecule has 0 aromatic heterocycles. The minimum absolute atomic E-state index is 0.0700. The molecule has 0 aromatic rings. The highest BCUT2D eigenvalue weighted by Gasteiger charge is 2.39. The van der Waals surface area contributed by atoms with Crippen LogP contribution in [-0.2, 0) is 19.2 Å². The number of carbonyl (C=O) groups is 4. The number of aliphatic carboxylic acids is 1. The van der Waals surface area contributed by atoms with Crippen LogP contribution in [-0.4, -0.2) is 82.7 Å². The highest BCUT2D eigenvalue weighted by atomic mass is 16.4. The van der Waals surface area contributed by atoms with E-state index >= 15 is 0 Å². The van der Waals surface area contributed by atoms with Gasteiger partial charge in [-0.25, -0.2) is 4.79 Å². The summed E-state index contributed by atoms with van der Waals surface area (Å²) < 4.78 is 0. The topological polar surface area (TPSA) is 188 Å². The maximum Gasteiger partial charge on any atom is 0.326 e. The highest BCUT2D eigenvalue weighted by Crippen LogP contribution is 2.20. The van der Waals surface area contributed by atoms with Gasteiger partial charge < -0.3 is 37.2 Å². The lowest BCUT2D eigenvalue weighted by atomic mass is 10.0. The van der Waals surface area contributed by atoms with Crippen molar-refractivity contribution >= 4 is 23.7 Å². The molecular formula is C20H37N5O6. The van der Waals surface area contributed by atoms with Crippen molar-refractivity contribution in [2.24, 2.45) is 17.4 Å². The summed E-state index contributed by atoms with van der Waals surface area (Å²) in [5, 5.41) is 23.6. The fourth-order valence-electron chi connectivity index (χ4n) is 3.58. The van der Waals surface area contributed by atoms with Crippen molar-refractivity contribution in [3.63, 3.8) is 0 Å². The molecule has 1 rings (SSSR count). The van der Waals surface area contributed by atoms with Crippen molar-refractivity contribution in [3.8, 4) is 0 Å². The normalized spacial score (nSPS) is 19.0. The van der Waals surface area contributed by atoms with Gasteiger partial charge in [0.1, 0.15) is 24.2 Å². The number of likely N-dealkylation sites (tertiary alicyclic amines) is 1. The molecule has 0 aromatic carbocycles.